The monoisotopic (exact) mass is 327 g/mol. The molecule has 0 N–H and O–H groups in total. The standard InChI is InChI=1S/C14H15BrFNS/c1-9-10(2)18-14(17-9)7-11(8-15)12-5-3-4-6-13(12)16/h3-6,11H,7-8H2,1-2H3. The summed E-state index contributed by atoms with van der Waals surface area (Å²) in [7, 11) is 0. The van der Waals surface area contributed by atoms with Gasteiger partial charge >= 0.3 is 0 Å². The summed E-state index contributed by atoms with van der Waals surface area (Å²) in [5, 5.41) is 1.82. The number of aromatic nitrogens is 1. The Morgan fingerprint density at radius 2 is 2.06 bits per heavy atom. The molecular formula is C14H15BrFNS. The summed E-state index contributed by atoms with van der Waals surface area (Å²) in [6.07, 6.45) is 0.783. The van der Waals surface area contributed by atoms with Gasteiger partial charge in [0.1, 0.15) is 5.82 Å². The number of aryl methyl sites for hydroxylation is 2. The molecule has 18 heavy (non-hydrogen) atoms. The first kappa shape index (κ1) is 13.7. The van der Waals surface area contributed by atoms with Crippen LogP contribution in [0.5, 0.6) is 0 Å². The van der Waals surface area contributed by atoms with Crippen molar-refractivity contribution in [2.75, 3.05) is 5.33 Å². The molecule has 0 bridgehead atoms. The third kappa shape index (κ3) is 2.98. The number of thiazole rings is 1. The molecule has 4 heteroatoms. The average molecular weight is 328 g/mol. The van der Waals surface area contributed by atoms with Crippen LogP contribution in [0.15, 0.2) is 24.3 Å². The van der Waals surface area contributed by atoms with Crippen molar-refractivity contribution in [2.24, 2.45) is 0 Å². The summed E-state index contributed by atoms with van der Waals surface area (Å²) in [5.41, 5.74) is 1.84. The highest BCUT2D eigenvalue weighted by Crippen LogP contribution is 2.28. The maximum atomic E-state index is 13.8. The predicted octanol–water partition coefficient (Wildman–Crippen LogP) is 4.62. The second-order valence-electron chi connectivity index (χ2n) is 4.33. The molecule has 1 atom stereocenters. The Bertz CT molecular complexity index is 519. The van der Waals surface area contributed by atoms with Crippen molar-refractivity contribution in [3.05, 3.63) is 51.2 Å². The molecule has 1 nitrogen and oxygen atoms in total. The second kappa shape index (κ2) is 5.93. The minimum atomic E-state index is -0.132. The molecule has 0 aliphatic rings. The number of rotatable bonds is 4. The molecule has 1 aromatic carbocycles. The summed E-state index contributed by atoms with van der Waals surface area (Å²) in [6, 6.07) is 6.98. The summed E-state index contributed by atoms with van der Waals surface area (Å²) in [4.78, 5) is 5.77. The van der Waals surface area contributed by atoms with E-state index in [-0.39, 0.29) is 11.7 Å². The van der Waals surface area contributed by atoms with Gasteiger partial charge in [-0.3, -0.25) is 0 Å². The Labute approximate surface area is 119 Å². The van der Waals surface area contributed by atoms with E-state index in [4.69, 9.17) is 0 Å². The lowest BCUT2D eigenvalue weighted by molar-refractivity contribution is 0.590. The third-order valence-electron chi connectivity index (χ3n) is 3.03. The van der Waals surface area contributed by atoms with Gasteiger partial charge in [-0.05, 0) is 25.5 Å². The molecule has 2 aromatic rings. The molecular weight excluding hydrogens is 313 g/mol. The molecule has 0 aliphatic heterocycles. The van der Waals surface area contributed by atoms with Crippen LogP contribution in [-0.2, 0) is 6.42 Å². The molecule has 2 rings (SSSR count). The minimum Gasteiger partial charge on any atom is -0.246 e. The van der Waals surface area contributed by atoms with Crippen LogP contribution in [-0.4, -0.2) is 10.3 Å². The lowest BCUT2D eigenvalue weighted by Crippen LogP contribution is -2.06. The van der Waals surface area contributed by atoms with Gasteiger partial charge in [0.15, 0.2) is 0 Å². The van der Waals surface area contributed by atoms with Crippen LogP contribution in [0.4, 0.5) is 4.39 Å². The Balaban J connectivity index is 2.22. The largest absolute Gasteiger partial charge is 0.246 e. The van der Waals surface area contributed by atoms with Gasteiger partial charge in [-0.1, -0.05) is 34.1 Å². The minimum absolute atomic E-state index is 0.132. The quantitative estimate of drug-likeness (QED) is 0.746. The van der Waals surface area contributed by atoms with E-state index in [1.54, 1.807) is 17.4 Å². The van der Waals surface area contributed by atoms with E-state index in [0.29, 0.717) is 0 Å². The van der Waals surface area contributed by atoms with E-state index in [2.05, 4.69) is 27.8 Å². The first-order chi connectivity index (χ1) is 8.61. The first-order valence-corrected chi connectivity index (χ1v) is 7.79. The van der Waals surface area contributed by atoms with Gasteiger partial charge in [-0.15, -0.1) is 11.3 Å². The maximum absolute atomic E-state index is 13.8. The van der Waals surface area contributed by atoms with Gasteiger partial charge in [-0.25, -0.2) is 9.37 Å². The number of hydrogen-bond donors (Lipinski definition) is 0. The van der Waals surface area contributed by atoms with Gasteiger partial charge in [0.05, 0.1) is 10.7 Å². The van der Waals surface area contributed by atoms with Crippen molar-refractivity contribution in [3.8, 4) is 0 Å². The van der Waals surface area contributed by atoms with E-state index >= 15 is 0 Å². The highest BCUT2D eigenvalue weighted by Gasteiger charge is 2.17. The summed E-state index contributed by atoms with van der Waals surface area (Å²) in [5.74, 6) is 0.00287. The molecule has 0 spiro atoms. The summed E-state index contributed by atoms with van der Waals surface area (Å²) < 4.78 is 13.8. The zero-order valence-electron chi connectivity index (χ0n) is 10.4. The Morgan fingerprint density at radius 1 is 1.33 bits per heavy atom. The normalized spacial score (nSPS) is 12.7. The average Bonchev–Trinajstić information content (AvgIpc) is 2.66. The molecule has 96 valence electrons. The van der Waals surface area contributed by atoms with Gasteiger partial charge in [0, 0.05) is 22.5 Å². The molecule has 1 aromatic heterocycles. The maximum Gasteiger partial charge on any atom is 0.126 e. The van der Waals surface area contributed by atoms with Crippen molar-refractivity contribution in [2.45, 2.75) is 26.2 Å². The fraction of sp³-hybridized carbons (Fsp3) is 0.357. The number of alkyl halides is 1. The Kier molecular flexibility index (Phi) is 4.51. The highest BCUT2D eigenvalue weighted by molar-refractivity contribution is 9.09. The lowest BCUT2D eigenvalue weighted by atomic mass is 9.97. The van der Waals surface area contributed by atoms with Crippen molar-refractivity contribution in [1.29, 1.82) is 0 Å². The van der Waals surface area contributed by atoms with E-state index in [1.165, 1.54) is 10.9 Å². The summed E-state index contributed by atoms with van der Waals surface area (Å²) in [6.45, 7) is 4.09. The fourth-order valence-electron chi connectivity index (χ4n) is 1.89. The van der Waals surface area contributed by atoms with Crippen molar-refractivity contribution in [3.63, 3.8) is 0 Å². The number of nitrogens with zero attached hydrogens (tertiary/aromatic N) is 1. The molecule has 0 amide bonds. The third-order valence-corrected chi connectivity index (χ3v) is 4.90. The first-order valence-electron chi connectivity index (χ1n) is 5.85. The number of hydrogen-bond acceptors (Lipinski definition) is 2. The van der Waals surface area contributed by atoms with Crippen molar-refractivity contribution < 1.29 is 4.39 Å². The SMILES string of the molecule is Cc1nc(CC(CBr)c2ccccc2F)sc1C. The van der Waals surface area contributed by atoms with Crippen LogP contribution < -0.4 is 0 Å². The fourth-order valence-corrected chi connectivity index (χ4v) is 3.48. The van der Waals surface area contributed by atoms with Crippen LogP contribution in [0.1, 0.15) is 27.1 Å². The smallest absolute Gasteiger partial charge is 0.126 e. The van der Waals surface area contributed by atoms with Gasteiger partial charge in [0.2, 0.25) is 0 Å². The van der Waals surface area contributed by atoms with Gasteiger partial charge < -0.3 is 0 Å². The zero-order valence-corrected chi connectivity index (χ0v) is 12.8. The Hall–Kier alpha value is -0.740. The van der Waals surface area contributed by atoms with E-state index in [1.807, 2.05) is 19.1 Å². The summed E-state index contributed by atoms with van der Waals surface area (Å²) >= 11 is 5.18. The van der Waals surface area contributed by atoms with Crippen LogP contribution in [0.3, 0.4) is 0 Å². The molecule has 0 aliphatic carbocycles. The zero-order chi connectivity index (χ0) is 13.1. The van der Waals surface area contributed by atoms with Crippen LogP contribution in [0.25, 0.3) is 0 Å². The van der Waals surface area contributed by atoms with Crippen molar-refractivity contribution in [1.82, 2.24) is 4.98 Å². The van der Waals surface area contributed by atoms with Gasteiger partial charge in [0.25, 0.3) is 0 Å². The number of halogens is 2. The van der Waals surface area contributed by atoms with E-state index in [0.717, 1.165) is 28.0 Å². The van der Waals surface area contributed by atoms with Gasteiger partial charge in [-0.2, -0.15) is 0 Å². The molecule has 0 saturated heterocycles. The highest BCUT2D eigenvalue weighted by atomic mass is 79.9. The Morgan fingerprint density at radius 3 is 2.61 bits per heavy atom. The molecule has 0 radical (unpaired) electrons. The lowest BCUT2D eigenvalue weighted by Gasteiger charge is -2.13. The van der Waals surface area contributed by atoms with Crippen molar-refractivity contribution >= 4 is 27.3 Å². The topological polar surface area (TPSA) is 12.9 Å². The van der Waals surface area contributed by atoms with E-state index in [9.17, 15) is 4.39 Å². The van der Waals surface area contributed by atoms with Crippen LogP contribution in [0.2, 0.25) is 0 Å². The second-order valence-corrected chi connectivity index (χ2v) is 6.26. The van der Waals surface area contributed by atoms with E-state index < -0.39 is 0 Å². The predicted molar refractivity (Wildman–Crippen MR) is 78.2 cm³/mol. The molecule has 0 fully saturated rings. The van der Waals surface area contributed by atoms with Crippen LogP contribution >= 0.6 is 27.3 Å². The molecule has 0 saturated carbocycles. The number of benzene rings is 1. The molecule has 1 unspecified atom stereocenters. The van der Waals surface area contributed by atoms with Crippen LogP contribution in [0, 0.1) is 19.7 Å². The molecule has 1 heterocycles.